The van der Waals surface area contributed by atoms with Gasteiger partial charge in [0.25, 0.3) is 0 Å². The van der Waals surface area contributed by atoms with Crippen molar-refractivity contribution in [3.8, 4) is 5.75 Å². The van der Waals surface area contributed by atoms with Gasteiger partial charge in [0, 0.05) is 0 Å². The van der Waals surface area contributed by atoms with E-state index in [9.17, 15) is 0 Å². The Morgan fingerprint density at radius 1 is 1.16 bits per heavy atom. The van der Waals surface area contributed by atoms with Crippen molar-refractivity contribution in [3.05, 3.63) is 65.2 Å². The zero-order valence-corrected chi connectivity index (χ0v) is 14.3. The van der Waals surface area contributed by atoms with Gasteiger partial charge in [-0.25, -0.2) is 4.68 Å². The summed E-state index contributed by atoms with van der Waals surface area (Å²) < 4.78 is 7.26. The fourth-order valence-corrected chi connectivity index (χ4v) is 3.43. The summed E-state index contributed by atoms with van der Waals surface area (Å²) in [4.78, 5) is 4.35. The Hall–Kier alpha value is -3.02. The first-order valence-electron chi connectivity index (χ1n) is 8.33. The molecule has 1 aliphatic heterocycles. The SMILES string of the molecule is COc1cccc(C2CC(c3cccc(C)c3)n3nc(N)nc3N2)c1. The Kier molecular flexibility index (Phi) is 3.80. The monoisotopic (exact) mass is 335 g/mol. The molecule has 0 amide bonds. The van der Waals surface area contributed by atoms with Crippen LogP contribution in [0, 0.1) is 6.92 Å². The average Bonchev–Trinajstić information content (AvgIpc) is 3.01. The molecule has 2 heterocycles. The van der Waals surface area contributed by atoms with E-state index in [2.05, 4.69) is 58.7 Å². The van der Waals surface area contributed by atoms with Gasteiger partial charge in [0.05, 0.1) is 19.2 Å². The van der Waals surface area contributed by atoms with Crippen LogP contribution in [0.3, 0.4) is 0 Å². The van der Waals surface area contributed by atoms with Crippen LogP contribution in [0.5, 0.6) is 5.75 Å². The lowest BCUT2D eigenvalue weighted by atomic mass is 9.92. The van der Waals surface area contributed by atoms with Crippen molar-refractivity contribution in [1.29, 1.82) is 0 Å². The van der Waals surface area contributed by atoms with Crippen LogP contribution in [0.25, 0.3) is 0 Å². The molecule has 3 N–H and O–H groups in total. The highest BCUT2D eigenvalue weighted by Crippen LogP contribution is 2.38. The summed E-state index contributed by atoms with van der Waals surface area (Å²) >= 11 is 0. The molecule has 128 valence electrons. The molecule has 25 heavy (non-hydrogen) atoms. The Bertz CT molecular complexity index is 904. The van der Waals surface area contributed by atoms with Crippen LogP contribution >= 0.6 is 0 Å². The van der Waals surface area contributed by atoms with Gasteiger partial charge in [0.2, 0.25) is 11.9 Å². The van der Waals surface area contributed by atoms with Gasteiger partial charge in [-0.05, 0) is 36.6 Å². The molecule has 0 saturated heterocycles. The number of ether oxygens (including phenoxy) is 1. The number of methoxy groups -OCH3 is 1. The minimum atomic E-state index is 0.0807. The normalized spacial score (nSPS) is 19.1. The summed E-state index contributed by atoms with van der Waals surface area (Å²) in [6.45, 7) is 2.10. The molecule has 2 atom stereocenters. The van der Waals surface area contributed by atoms with Crippen molar-refractivity contribution in [3.63, 3.8) is 0 Å². The molecule has 0 aliphatic carbocycles. The van der Waals surface area contributed by atoms with E-state index in [1.54, 1.807) is 7.11 Å². The summed E-state index contributed by atoms with van der Waals surface area (Å²) in [5.41, 5.74) is 9.45. The molecule has 0 saturated carbocycles. The molecule has 0 fully saturated rings. The molecular weight excluding hydrogens is 314 g/mol. The molecule has 0 bridgehead atoms. The topological polar surface area (TPSA) is 78.0 Å². The van der Waals surface area contributed by atoms with Gasteiger partial charge < -0.3 is 15.8 Å². The highest BCUT2D eigenvalue weighted by atomic mass is 16.5. The van der Waals surface area contributed by atoms with Crippen LogP contribution in [0.15, 0.2) is 48.5 Å². The molecule has 6 nitrogen and oxygen atoms in total. The van der Waals surface area contributed by atoms with Crippen molar-refractivity contribution >= 4 is 11.9 Å². The molecule has 0 spiro atoms. The molecular formula is C19H21N5O. The Balaban J connectivity index is 1.76. The van der Waals surface area contributed by atoms with Gasteiger partial charge in [-0.15, -0.1) is 5.10 Å². The van der Waals surface area contributed by atoms with Gasteiger partial charge in [0.1, 0.15) is 5.75 Å². The summed E-state index contributed by atoms with van der Waals surface area (Å²) in [5, 5.41) is 7.85. The molecule has 2 aromatic carbocycles. The number of nitrogens with one attached hydrogen (secondary N) is 1. The first-order chi connectivity index (χ1) is 12.1. The number of aromatic nitrogens is 3. The Morgan fingerprint density at radius 2 is 1.96 bits per heavy atom. The van der Waals surface area contributed by atoms with Crippen molar-refractivity contribution in [2.75, 3.05) is 18.2 Å². The molecule has 1 aromatic heterocycles. The minimum absolute atomic E-state index is 0.0807. The minimum Gasteiger partial charge on any atom is -0.497 e. The third-order valence-electron chi connectivity index (χ3n) is 4.63. The second-order valence-corrected chi connectivity index (χ2v) is 6.38. The van der Waals surface area contributed by atoms with Crippen LogP contribution in [0.2, 0.25) is 0 Å². The van der Waals surface area contributed by atoms with Crippen molar-refractivity contribution < 1.29 is 4.74 Å². The van der Waals surface area contributed by atoms with E-state index >= 15 is 0 Å². The molecule has 6 heteroatoms. The lowest BCUT2D eigenvalue weighted by molar-refractivity contribution is 0.410. The summed E-state index contributed by atoms with van der Waals surface area (Å²) in [6, 6.07) is 16.8. The van der Waals surface area contributed by atoms with E-state index in [0.717, 1.165) is 17.7 Å². The zero-order valence-electron chi connectivity index (χ0n) is 14.3. The second kappa shape index (κ2) is 6.12. The lowest BCUT2D eigenvalue weighted by Crippen LogP contribution is -2.28. The molecule has 0 radical (unpaired) electrons. The molecule has 3 aromatic rings. The van der Waals surface area contributed by atoms with Crippen LogP contribution in [-0.2, 0) is 0 Å². The molecule has 1 aliphatic rings. The summed E-state index contributed by atoms with van der Waals surface area (Å²) in [6.07, 6.45) is 0.854. The lowest BCUT2D eigenvalue weighted by Gasteiger charge is -2.32. The highest BCUT2D eigenvalue weighted by Gasteiger charge is 2.31. The fraction of sp³-hybridized carbons (Fsp3) is 0.263. The number of nitrogens with two attached hydrogens (primary N) is 1. The first-order valence-corrected chi connectivity index (χ1v) is 8.33. The van der Waals surface area contributed by atoms with E-state index < -0.39 is 0 Å². The maximum absolute atomic E-state index is 5.86. The van der Waals surface area contributed by atoms with Gasteiger partial charge in [-0.1, -0.05) is 42.0 Å². The quantitative estimate of drug-likeness (QED) is 0.768. The van der Waals surface area contributed by atoms with Crippen LogP contribution < -0.4 is 15.8 Å². The fourth-order valence-electron chi connectivity index (χ4n) is 3.43. The van der Waals surface area contributed by atoms with E-state index in [0.29, 0.717) is 5.95 Å². The highest BCUT2D eigenvalue weighted by molar-refractivity contribution is 5.43. The predicted octanol–water partition coefficient (Wildman–Crippen LogP) is 3.32. The van der Waals surface area contributed by atoms with Gasteiger partial charge in [-0.2, -0.15) is 4.98 Å². The van der Waals surface area contributed by atoms with E-state index in [-0.39, 0.29) is 18.0 Å². The largest absolute Gasteiger partial charge is 0.497 e. The molecule has 4 rings (SSSR count). The number of fused-ring (bicyclic) bond motifs is 1. The number of nitrogens with zero attached hydrogens (tertiary/aromatic N) is 3. The average molecular weight is 335 g/mol. The Morgan fingerprint density at radius 3 is 2.76 bits per heavy atom. The smallest absolute Gasteiger partial charge is 0.241 e. The molecule has 2 unspecified atom stereocenters. The van der Waals surface area contributed by atoms with E-state index in [4.69, 9.17) is 10.5 Å². The van der Waals surface area contributed by atoms with E-state index in [1.165, 1.54) is 11.1 Å². The number of benzene rings is 2. The Labute approximate surface area is 146 Å². The third-order valence-corrected chi connectivity index (χ3v) is 4.63. The standard InChI is InChI=1S/C19H21N5O/c1-12-5-3-7-14(9-12)17-11-16(13-6-4-8-15(10-13)25-2)21-19-22-18(20)23-24(17)19/h3-10,16-17H,11H2,1-2H3,(H3,20,21,22,23). The van der Waals surface area contributed by atoms with Gasteiger partial charge in [0.15, 0.2) is 0 Å². The number of hydrogen-bond donors (Lipinski definition) is 2. The second-order valence-electron chi connectivity index (χ2n) is 6.38. The number of hydrogen-bond acceptors (Lipinski definition) is 5. The maximum atomic E-state index is 5.86. The summed E-state index contributed by atoms with van der Waals surface area (Å²) in [7, 11) is 1.68. The first kappa shape index (κ1) is 15.5. The third kappa shape index (κ3) is 2.91. The van der Waals surface area contributed by atoms with Crippen molar-refractivity contribution in [1.82, 2.24) is 14.8 Å². The number of rotatable bonds is 3. The van der Waals surface area contributed by atoms with E-state index in [1.807, 2.05) is 16.8 Å². The number of anilines is 2. The zero-order chi connectivity index (χ0) is 17.4. The van der Waals surface area contributed by atoms with Crippen LogP contribution in [-0.4, -0.2) is 21.9 Å². The number of aryl methyl sites for hydroxylation is 1. The number of nitrogen functional groups attached to an aromatic ring is 1. The maximum Gasteiger partial charge on any atom is 0.241 e. The van der Waals surface area contributed by atoms with Crippen molar-refractivity contribution in [2.24, 2.45) is 0 Å². The summed E-state index contributed by atoms with van der Waals surface area (Å²) in [5.74, 6) is 1.83. The van der Waals surface area contributed by atoms with Gasteiger partial charge in [-0.3, -0.25) is 0 Å². The van der Waals surface area contributed by atoms with Crippen LogP contribution in [0.1, 0.15) is 35.2 Å². The van der Waals surface area contributed by atoms with Crippen molar-refractivity contribution in [2.45, 2.75) is 25.4 Å². The predicted molar refractivity (Wildman–Crippen MR) is 97.7 cm³/mol. The van der Waals surface area contributed by atoms with Crippen LogP contribution in [0.4, 0.5) is 11.9 Å². The van der Waals surface area contributed by atoms with Gasteiger partial charge >= 0.3 is 0 Å².